The first-order valence-corrected chi connectivity index (χ1v) is 15.2. The SMILES string of the molecule is CC(C)(C(=O)OC1C(=O)OCC1(C)C)c1sc(C(C)(C)c2c(Cl)cc(-n3ncc(=O)[nH]c3=O)cc2Cl)nc1-c1ccccc1. The maximum absolute atomic E-state index is 13.7. The van der Waals surface area contributed by atoms with Crippen LogP contribution in [0.5, 0.6) is 0 Å². The normalized spacial score (nSPS) is 16.5. The van der Waals surface area contributed by atoms with Crippen LogP contribution in [0.3, 0.4) is 0 Å². The number of carbonyl (C=O) groups is 2. The van der Waals surface area contributed by atoms with E-state index in [9.17, 15) is 19.2 Å². The van der Waals surface area contributed by atoms with Crippen molar-refractivity contribution in [2.75, 3.05) is 6.61 Å². The minimum Gasteiger partial charge on any atom is -0.462 e. The number of thiazole rings is 1. The quantitative estimate of drug-likeness (QED) is 0.260. The number of esters is 2. The largest absolute Gasteiger partial charge is 0.462 e. The summed E-state index contributed by atoms with van der Waals surface area (Å²) in [7, 11) is 0. The Morgan fingerprint density at radius 1 is 1.09 bits per heavy atom. The van der Waals surface area contributed by atoms with Gasteiger partial charge in [-0.2, -0.15) is 9.78 Å². The molecule has 1 N–H and O–H groups in total. The number of rotatable bonds is 7. The van der Waals surface area contributed by atoms with E-state index in [1.165, 1.54) is 23.5 Å². The van der Waals surface area contributed by atoms with E-state index in [1.54, 1.807) is 13.8 Å². The number of nitrogens with zero attached hydrogens (tertiary/aromatic N) is 3. The molecular formula is C31H30Cl2N4O6S. The fraction of sp³-hybridized carbons (Fsp3) is 0.355. The Balaban J connectivity index is 1.60. The van der Waals surface area contributed by atoms with Gasteiger partial charge in [-0.3, -0.25) is 14.6 Å². The van der Waals surface area contributed by atoms with Gasteiger partial charge in [-0.1, -0.05) is 67.4 Å². The van der Waals surface area contributed by atoms with Crippen LogP contribution in [0.1, 0.15) is 57.0 Å². The van der Waals surface area contributed by atoms with Crippen LogP contribution in [0.15, 0.2) is 58.3 Å². The maximum Gasteiger partial charge on any atom is 0.349 e. The van der Waals surface area contributed by atoms with Crippen LogP contribution in [0.2, 0.25) is 10.0 Å². The Morgan fingerprint density at radius 2 is 1.73 bits per heavy atom. The van der Waals surface area contributed by atoms with Crippen molar-refractivity contribution in [1.29, 1.82) is 0 Å². The number of halogens is 2. The third-order valence-electron chi connectivity index (χ3n) is 7.63. The Hall–Kier alpha value is -3.80. The lowest BCUT2D eigenvalue weighted by Gasteiger charge is -2.28. The number of H-pyrrole nitrogens is 1. The van der Waals surface area contributed by atoms with Crippen molar-refractivity contribution in [2.24, 2.45) is 5.41 Å². The molecule has 1 fully saturated rings. The van der Waals surface area contributed by atoms with E-state index in [2.05, 4.69) is 10.1 Å². The van der Waals surface area contributed by atoms with Gasteiger partial charge in [-0.25, -0.2) is 14.6 Å². The summed E-state index contributed by atoms with van der Waals surface area (Å²) in [4.78, 5) is 57.8. The highest BCUT2D eigenvalue weighted by molar-refractivity contribution is 7.12. The van der Waals surface area contributed by atoms with E-state index in [0.717, 1.165) is 16.4 Å². The average molecular weight is 658 g/mol. The number of aromatic nitrogens is 4. The van der Waals surface area contributed by atoms with Crippen molar-refractivity contribution in [3.8, 4) is 16.9 Å². The van der Waals surface area contributed by atoms with Crippen LogP contribution in [0.25, 0.3) is 16.9 Å². The second-order valence-corrected chi connectivity index (χ2v) is 14.1. The van der Waals surface area contributed by atoms with Gasteiger partial charge in [0, 0.05) is 36.9 Å². The molecule has 1 saturated heterocycles. The molecule has 1 atom stereocenters. The molecule has 1 aliphatic heterocycles. The van der Waals surface area contributed by atoms with Gasteiger partial charge in [0.05, 0.1) is 16.8 Å². The lowest BCUT2D eigenvalue weighted by molar-refractivity contribution is -0.166. The van der Waals surface area contributed by atoms with E-state index in [4.69, 9.17) is 37.7 Å². The molecule has 2 aromatic heterocycles. The molecule has 0 aliphatic carbocycles. The van der Waals surface area contributed by atoms with Crippen molar-refractivity contribution in [2.45, 2.75) is 58.5 Å². The maximum atomic E-state index is 13.7. The monoisotopic (exact) mass is 656 g/mol. The molecule has 10 nitrogen and oxygen atoms in total. The minimum absolute atomic E-state index is 0.158. The van der Waals surface area contributed by atoms with Gasteiger partial charge in [0.25, 0.3) is 5.56 Å². The zero-order valence-electron chi connectivity index (χ0n) is 24.9. The first kappa shape index (κ1) is 31.6. The zero-order valence-corrected chi connectivity index (χ0v) is 27.2. The summed E-state index contributed by atoms with van der Waals surface area (Å²) in [6, 6.07) is 12.5. The third-order valence-corrected chi connectivity index (χ3v) is 9.93. The van der Waals surface area contributed by atoms with E-state index in [1.807, 2.05) is 58.0 Å². The van der Waals surface area contributed by atoms with E-state index in [-0.39, 0.29) is 22.3 Å². The molecule has 5 rings (SSSR count). The van der Waals surface area contributed by atoms with Crippen molar-refractivity contribution < 1.29 is 19.1 Å². The number of hydrogen-bond acceptors (Lipinski definition) is 9. The lowest BCUT2D eigenvalue weighted by atomic mass is 9.84. The summed E-state index contributed by atoms with van der Waals surface area (Å²) in [6.45, 7) is 11.1. The summed E-state index contributed by atoms with van der Waals surface area (Å²) in [6.07, 6.45) is -0.0500. The van der Waals surface area contributed by atoms with Crippen LogP contribution >= 0.6 is 34.5 Å². The Labute approximate surface area is 267 Å². The Morgan fingerprint density at radius 3 is 2.30 bits per heavy atom. The highest BCUT2D eigenvalue weighted by Crippen LogP contribution is 2.47. The van der Waals surface area contributed by atoms with Gasteiger partial charge in [-0.15, -0.1) is 11.3 Å². The van der Waals surface area contributed by atoms with E-state index < -0.39 is 45.5 Å². The van der Waals surface area contributed by atoms with Gasteiger partial charge in [0.15, 0.2) is 0 Å². The summed E-state index contributed by atoms with van der Waals surface area (Å²) in [5.74, 6) is -1.15. The topological polar surface area (TPSA) is 133 Å². The number of carbonyl (C=O) groups excluding carboxylic acids is 2. The lowest BCUT2D eigenvalue weighted by Crippen LogP contribution is -2.40. The van der Waals surface area contributed by atoms with Crippen molar-refractivity contribution in [3.05, 3.63) is 95.0 Å². The molecule has 13 heteroatoms. The molecule has 0 saturated carbocycles. The predicted octanol–water partition coefficient (Wildman–Crippen LogP) is 5.45. The van der Waals surface area contributed by atoms with E-state index >= 15 is 0 Å². The number of benzene rings is 2. The molecule has 1 unspecified atom stereocenters. The number of aromatic amines is 1. The second-order valence-electron chi connectivity index (χ2n) is 12.3. The summed E-state index contributed by atoms with van der Waals surface area (Å²) >= 11 is 14.9. The van der Waals surface area contributed by atoms with Gasteiger partial charge in [0.2, 0.25) is 6.10 Å². The first-order valence-electron chi connectivity index (χ1n) is 13.7. The third kappa shape index (κ3) is 5.60. The fourth-order valence-electron chi connectivity index (χ4n) is 5.01. The molecule has 2 aromatic carbocycles. The highest BCUT2D eigenvalue weighted by atomic mass is 35.5. The van der Waals surface area contributed by atoms with E-state index in [0.29, 0.717) is 21.1 Å². The predicted molar refractivity (Wildman–Crippen MR) is 168 cm³/mol. The van der Waals surface area contributed by atoms with Crippen LogP contribution < -0.4 is 11.2 Å². The number of ether oxygens (including phenoxy) is 2. The van der Waals surface area contributed by atoms with Gasteiger partial charge in [0.1, 0.15) is 17.8 Å². The average Bonchev–Trinajstić information content (AvgIpc) is 3.51. The molecule has 3 heterocycles. The van der Waals surface area contributed by atoms with Crippen molar-refractivity contribution in [3.63, 3.8) is 0 Å². The fourth-order valence-corrected chi connectivity index (χ4v) is 7.24. The van der Waals surface area contributed by atoms with Crippen molar-refractivity contribution in [1.82, 2.24) is 19.7 Å². The molecule has 230 valence electrons. The van der Waals surface area contributed by atoms with Gasteiger partial charge >= 0.3 is 17.6 Å². The van der Waals surface area contributed by atoms with Crippen LogP contribution in [0, 0.1) is 5.41 Å². The molecule has 0 spiro atoms. The minimum atomic E-state index is -1.20. The van der Waals surface area contributed by atoms with Gasteiger partial charge in [-0.05, 0) is 39.8 Å². The number of cyclic esters (lactones) is 1. The molecule has 0 bridgehead atoms. The van der Waals surface area contributed by atoms with Crippen LogP contribution in [-0.4, -0.2) is 44.4 Å². The number of hydrogen-bond donors (Lipinski definition) is 1. The molecular weight excluding hydrogens is 627 g/mol. The Kier molecular flexibility index (Phi) is 8.11. The van der Waals surface area contributed by atoms with Crippen LogP contribution in [-0.2, 0) is 29.9 Å². The molecule has 0 radical (unpaired) electrons. The second kappa shape index (κ2) is 11.3. The summed E-state index contributed by atoms with van der Waals surface area (Å²) in [5, 5.41) is 4.99. The molecule has 0 amide bonds. The standard InChI is InChI=1S/C31H30Cl2N4O6S/c1-29(2)15-42-25(39)23(29)43-27(40)31(5,6)24-22(16-10-8-7-9-11-16)36-26(44-24)30(3,4)21-18(32)12-17(13-19(21)33)37-28(41)35-20(38)14-34-37/h7-14,23H,15H2,1-6H3,(H,35,38,41). The Bertz CT molecular complexity index is 1870. The smallest absolute Gasteiger partial charge is 0.349 e. The summed E-state index contributed by atoms with van der Waals surface area (Å²) < 4.78 is 12.0. The summed E-state index contributed by atoms with van der Waals surface area (Å²) in [5.41, 5.74) is -1.93. The highest BCUT2D eigenvalue weighted by Gasteiger charge is 2.49. The molecule has 44 heavy (non-hydrogen) atoms. The first-order chi connectivity index (χ1) is 20.5. The number of nitrogens with one attached hydrogen (secondary N) is 1. The van der Waals surface area contributed by atoms with Crippen LogP contribution in [0.4, 0.5) is 0 Å². The van der Waals surface area contributed by atoms with Crippen molar-refractivity contribution >= 4 is 46.5 Å². The molecule has 4 aromatic rings. The molecule has 1 aliphatic rings. The van der Waals surface area contributed by atoms with Gasteiger partial charge < -0.3 is 9.47 Å². The zero-order chi connectivity index (χ0) is 32.2.